The molecular weight excluding hydrogens is 223 g/mol. The van der Waals surface area contributed by atoms with Gasteiger partial charge in [-0.15, -0.1) is 0 Å². The molecule has 2 nitrogen and oxygen atoms in total. The second-order valence-corrected chi connectivity index (χ2v) is 5.51. The summed E-state index contributed by atoms with van der Waals surface area (Å²) in [5.41, 5.74) is 1.06. The molecule has 1 unspecified atom stereocenters. The van der Waals surface area contributed by atoms with Crippen molar-refractivity contribution in [2.45, 2.75) is 52.5 Å². The van der Waals surface area contributed by atoms with Crippen LogP contribution in [0.3, 0.4) is 0 Å². The monoisotopic (exact) mass is 248 g/mol. The van der Waals surface area contributed by atoms with Gasteiger partial charge in [0.25, 0.3) is 0 Å². The minimum Gasteiger partial charge on any atom is -0.488 e. The molecule has 100 valence electrons. The third kappa shape index (κ3) is 5.59. The molecule has 1 aromatic carbocycles. The van der Waals surface area contributed by atoms with Gasteiger partial charge in [0.1, 0.15) is 11.4 Å². The van der Waals surface area contributed by atoms with Crippen molar-refractivity contribution in [3.05, 3.63) is 29.8 Å². The van der Waals surface area contributed by atoms with Crippen LogP contribution < -0.4 is 4.74 Å². The van der Waals surface area contributed by atoms with E-state index in [-0.39, 0.29) is 5.60 Å². The minimum absolute atomic E-state index is 0.192. The van der Waals surface area contributed by atoms with E-state index in [1.54, 1.807) is 0 Å². The summed E-state index contributed by atoms with van der Waals surface area (Å²) in [6.07, 6.45) is 0.894. The molecule has 0 bridgehead atoms. The molecule has 0 spiro atoms. The van der Waals surface area contributed by atoms with Crippen LogP contribution >= 0.6 is 0 Å². The smallest absolute Gasteiger partial charge is 0.154 e. The highest BCUT2D eigenvalue weighted by Gasteiger charge is 2.20. The third-order valence-electron chi connectivity index (χ3n) is 3.10. The van der Waals surface area contributed by atoms with Gasteiger partial charge in [0, 0.05) is 19.0 Å². The zero-order valence-electron chi connectivity index (χ0n) is 12.3. The Morgan fingerprint density at radius 3 is 2.39 bits per heavy atom. The van der Waals surface area contributed by atoms with E-state index in [0.717, 1.165) is 26.1 Å². The lowest BCUT2D eigenvalue weighted by Crippen LogP contribution is -2.31. The Kier molecular flexibility index (Phi) is 5.74. The molecule has 1 aromatic rings. The maximum atomic E-state index is 5.99. The van der Waals surface area contributed by atoms with E-state index in [1.807, 2.05) is 12.1 Å². The maximum Gasteiger partial charge on any atom is 0.154 e. The van der Waals surface area contributed by atoms with Gasteiger partial charge in [0.05, 0.1) is 0 Å². The summed E-state index contributed by atoms with van der Waals surface area (Å²) < 4.78 is 11.7. The van der Waals surface area contributed by atoms with Crippen LogP contribution in [0.15, 0.2) is 24.3 Å². The summed E-state index contributed by atoms with van der Waals surface area (Å²) in [5, 5.41) is 0. The topological polar surface area (TPSA) is 18.5 Å². The first-order valence-electron chi connectivity index (χ1n) is 6.80. The molecule has 0 fully saturated rings. The Morgan fingerprint density at radius 2 is 1.83 bits per heavy atom. The average molecular weight is 248 g/mol. The number of rotatable bonds is 7. The molecular formula is C15H25BO2. The Balaban J connectivity index is 2.41. The fraction of sp³-hybridized carbons (Fsp3) is 0.600. The van der Waals surface area contributed by atoms with Crippen LogP contribution in [0.2, 0.25) is 6.82 Å². The average Bonchev–Trinajstić information content (AvgIpc) is 2.31. The van der Waals surface area contributed by atoms with Crippen LogP contribution in [0.25, 0.3) is 0 Å². The van der Waals surface area contributed by atoms with Crippen LogP contribution in [-0.4, -0.2) is 25.5 Å². The van der Waals surface area contributed by atoms with Gasteiger partial charge in [-0.25, -0.2) is 0 Å². The van der Waals surface area contributed by atoms with Gasteiger partial charge in [-0.05, 0) is 39.8 Å². The van der Waals surface area contributed by atoms with E-state index < -0.39 is 0 Å². The van der Waals surface area contributed by atoms with Gasteiger partial charge in [0.2, 0.25) is 0 Å². The molecule has 0 N–H and O–H groups in total. The van der Waals surface area contributed by atoms with Crippen LogP contribution in [-0.2, 0) is 4.74 Å². The Labute approximate surface area is 112 Å². The van der Waals surface area contributed by atoms with Crippen molar-refractivity contribution >= 4 is 7.28 Å². The number of hydrogen-bond acceptors (Lipinski definition) is 2. The summed E-state index contributed by atoms with van der Waals surface area (Å²) in [5.74, 6) is 0.925. The quantitative estimate of drug-likeness (QED) is 0.688. The van der Waals surface area contributed by atoms with Gasteiger partial charge >= 0.3 is 0 Å². The van der Waals surface area contributed by atoms with Crippen LogP contribution in [0.1, 0.15) is 32.8 Å². The molecule has 0 saturated heterocycles. The lowest BCUT2D eigenvalue weighted by Gasteiger charge is -2.27. The van der Waals surface area contributed by atoms with Gasteiger partial charge in [0.15, 0.2) is 7.28 Å². The molecule has 0 saturated carbocycles. The molecule has 0 aliphatic heterocycles. The van der Waals surface area contributed by atoms with Crippen LogP contribution in [0, 0.1) is 6.92 Å². The van der Waals surface area contributed by atoms with Gasteiger partial charge in [-0.1, -0.05) is 24.5 Å². The molecule has 0 aliphatic carbocycles. The molecule has 1 rings (SSSR count). The highest BCUT2D eigenvalue weighted by molar-refractivity contribution is 6.35. The lowest BCUT2D eigenvalue weighted by molar-refractivity contribution is 0.0397. The fourth-order valence-corrected chi connectivity index (χ4v) is 1.60. The molecule has 0 heterocycles. The highest BCUT2D eigenvalue weighted by Crippen LogP contribution is 2.21. The second kappa shape index (κ2) is 6.84. The van der Waals surface area contributed by atoms with Crippen molar-refractivity contribution in [1.82, 2.24) is 0 Å². The predicted molar refractivity (Wildman–Crippen MR) is 78.9 cm³/mol. The highest BCUT2D eigenvalue weighted by atomic mass is 16.5. The summed E-state index contributed by atoms with van der Waals surface area (Å²) in [4.78, 5) is 0. The zero-order chi connectivity index (χ0) is 13.6. The Bertz CT molecular complexity index is 346. The van der Waals surface area contributed by atoms with Gasteiger partial charge < -0.3 is 9.47 Å². The minimum atomic E-state index is -0.192. The van der Waals surface area contributed by atoms with E-state index >= 15 is 0 Å². The lowest BCUT2D eigenvalue weighted by atomic mass is 9.76. The molecule has 18 heavy (non-hydrogen) atoms. The molecule has 0 amide bonds. The number of ether oxygens (including phenoxy) is 2. The Morgan fingerprint density at radius 1 is 1.22 bits per heavy atom. The van der Waals surface area contributed by atoms with E-state index in [0.29, 0.717) is 6.00 Å². The van der Waals surface area contributed by atoms with E-state index in [9.17, 15) is 0 Å². The summed E-state index contributed by atoms with van der Waals surface area (Å²) in [7, 11) is 1.05. The van der Waals surface area contributed by atoms with Crippen molar-refractivity contribution < 1.29 is 9.47 Å². The number of aryl methyl sites for hydroxylation is 1. The first-order chi connectivity index (χ1) is 8.43. The van der Waals surface area contributed by atoms with Crippen molar-refractivity contribution in [3.8, 4) is 5.75 Å². The standard InChI is InChI=1S/C15H25BO2/c1-12-6-8-14(9-7-12)18-15(3,4)10-11-17-13(2)16-5/h6-9,13,16H,10-11H2,1-5H3. The van der Waals surface area contributed by atoms with Crippen LogP contribution in [0.4, 0.5) is 0 Å². The first-order valence-corrected chi connectivity index (χ1v) is 6.80. The predicted octanol–water partition coefficient (Wildman–Crippen LogP) is 3.39. The third-order valence-corrected chi connectivity index (χ3v) is 3.10. The van der Waals surface area contributed by atoms with Gasteiger partial charge in [-0.2, -0.15) is 0 Å². The number of hydrogen-bond donors (Lipinski definition) is 0. The SMILES string of the molecule is CBC(C)OCCC(C)(C)Oc1ccc(C)cc1. The molecule has 0 radical (unpaired) electrons. The first kappa shape index (κ1) is 15.1. The van der Waals surface area contributed by atoms with E-state index in [2.05, 4.69) is 46.7 Å². The van der Waals surface area contributed by atoms with Crippen molar-refractivity contribution in [2.75, 3.05) is 6.61 Å². The van der Waals surface area contributed by atoms with E-state index in [1.165, 1.54) is 5.56 Å². The zero-order valence-corrected chi connectivity index (χ0v) is 12.3. The van der Waals surface area contributed by atoms with Crippen molar-refractivity contribution in [3.63, 3.8) is 0 Å². The van der Waals surface area contributed by atoms with E-state index in [4.69, 9.17) is 9.47 Å². The number of benzene rings is 1. The van der Waals surface area contributed by atoms with Crippen molar-refractivity contribution in [2.24, 2.45) is 0 Å². The molecule has 0 aliphatic rings. The van der Waals surface area contributed by atoms with Crippen LogP contribution in [0.5, 0.6) is 5.75 Å². The normalized spacial score (nSPS) is 13.2. The summed E-state index contributed by atoms with van der Waals surface area (Å²) >= 11 is 0. The van der Waals surface area contributed by atoms with Crippen molar-refractivity contribution in [1.29, 1.82) is 0 Å². The molecule has 0 aromatic heterocycles. The second-order valence-electron chi connectivity index (χ2n) is 5.51. The Hall–Kier alpha value is -0.955. The molecule has 3 heteroatoms. The van der Waals surface area contributed by atoms with Gasteiger partial charge in [-0.3, -0.25) is 0 Å². The maximum absolute atomic E-state index is 5.99. The largest absolute Gasteiger partial charge is 0.488 e. The summed E-state index contributed by atoms with van der Waals surface area (Å²) in [6.45, 7) is 11.3. The summed E-state index contributed by atoms with van der Waals surface area (Å²) in [6, 6.07) is 8.52. The fourth-order valence-electron chi connectivity index (χ4n) is 1.60. The molecule has 1 atom stereocenters.